The van der Waals surface area contributed by atoms with Gasteiger partial charge in [-0.15, -0.1) is 0 Å². The minimum Gasteiger partial charge on any atom is -0.508 e. The molecule has 0 unspecified atom stereocenters. The Morgan fingerprint density at radius 2 is 1.48 bits per heavy atom. The first-order valence-electron chi connectivity index (χ1n) is 8.95. The minimum absolute atomic E-state index is 0.0117. The molecule has 3 aromatic carbocycles. The zero-order valence-corrected chi connectivity index (χ0v) is 15.5. The summed E-state index contributed by atoms with van der Waals surface area (Å²) >= 11 is 0. The number of benzene rings is 3. The van der Waals surface area contributed by atoms with Gasteiger partial charge in [-0.3, -0.25) is 14.4 Å². The third-order valence-corrected chi connectivity index (χ3v) is 3.98. The number of hydrogen-bond donors (Lipinski definition) is 3. The summed E-state index contributed by atoms with van der Waals surface area (Å²) in [4.78, 5) is 30.4. The summed E-state index contributed by atoms with van der Waals surface area (Å²) in [6.45, 7) is 0.186. The monoisotopic (exact) mass is 388 g/mol. The molecule has 3 N–H and O–H groups in total. The average Bonchev–Trinajstić information content (AvgIpc) is 2.76. The van der Waals surface area contributed by atoms with E-state index in [0.29, 0.717) is 11.1 Å². The number of nitrogens with one attached hydrogen (secondary N) is 2. The molecule has 0 aromatic heterocycles. The van der Waals surface area contributed by atoms with E-state index in [2.05, 4.69) is 10.8 Å². The molecule has 2 amide bonds. The van der Waals surface area contributed by atoms with Crippen molar-refractivity contribution in [2.24, 2.45) is 0 Å². The van der Waals surface area contributed by atoms with E-state index in [9.17, 15) is 14.7 Å². The summed E-state index contributed by atoms with van der Waals surface area (Å²) in [5.41, 5.74) is 4.30. The molecule has 0 heterocycles. The molecule has 0 fully saturated rings. The second kappa shape index (κ2) is 9.87. The highest BCUT2D eigenvalue weighted by Gasteiger charge is 2.15. The van der Waals surface area contributed by atoms with Crippen LogP contribution in [0.15, 0.2) is 90.6 Å². The standard InChI is InChI=1S/C23H20N2O4/c26-20-13-11-17(12-14-20)15-21(24-22(27)19-9-5-2-6-10-19)23(28)25-29-16-18-7-3-1-4-8-18/h1-15,26H,16H2,(H,24,27)(H,25,28)/b21-15-. The SMILES string of the molecule is O=C(NOCc1ccccc1)/C(=C/c1ccc(O)cc1)NC(=O)c1ccccc1. The molecule has 0 aliphatic heterocycles. The predicted octanol–water partition coefficient (Wildman–Crippen LogP) is 3.41. The summed E-state index contributed by atoms with van der Waals surface area (Å²) < 4.78 is 0. The van der Waals surface area contributed by atoms with Crippen molar-refractivity contribution < 1.29 is 19.5 Å². The lowest BCUT2D eigenvalue weighted by molar-refractivity contribution is -0.130. The van der Waals surface area contributed by atoms with Crippen LogP contribution in [0.25, 0.3) is 6.08 Å². The Bertz CT molecular complexity index is 984. The number of hydroxylamine groups is 1. The third-order valence-electron chi connectivity index (χ3n) is 3.98. The quantitative estimate of drug-likeness (QED) is 0.428. The topological polar surface area (TPSA) is 87.7 Å². The Hall–Kier alpha value is -3.90. The minimum atomic E-state index is -0.599. The zero-order chi connectivity index (χ0) is 20.5. The molecule has 0 radical (unpaired) electrons. The van der Waals surface area contributed by atoms with E-state index in [1.165, 1.54) is 18.2 Å². The number of hydrogen-bond acceptors (Lipinski definition) is 4. The van der Waals surface area contributed by atoms with E-state index in [0.717, 1.165) is 5.56 Å². The van der Waals surface area contributed by atoms with Gasteiger partial charge in [0.15, 0.2) is 0 Å². The Balaban J connectivity index is 1.73. The summed E-state index contributed by atoms with van der Waals surface area (Å²) in [6, 6.07) is 24.2. The number of phenols is 1. The molecule has 0 aliphatic carbocycles. The molecule has 3 aromatic rings. The molecule has 0 saturated carbocycles. The van der Waals surface area contributed by atoms with Crippen LogP contribution in [0.2, 0.25) is 0 Å². The molecular formula is C23H20N2O4. The third kappa shape index (κ3) is 6.05. The number of aromatic hydroxyl groups is 1. The maximum atomic E-state index is 12.6. The van der Waals surface area contributed by atoms with Crippen molar-refractivity contribution in [1.29, 1.82) is 0 Å². The van der Waals surface area contributed by atoms with Gasteiger partial charge in [0, 0.05) is 5.56 Å². The van der Waals surface area contributed by atoms with Crippen molar-refractivity contribution in [1.82, 2.24) is 10.8 Å². The van der Waals surface area contributed by atoms with Crippen LogP contribution in [0.1, 0.15) is 21.5 Å². The van der Waals surface area contributed by atoms with Gasteiger partial charge in [-0.25, -0.2) is 5.48 Å². The maximum Gasteiger partial charge on any atom is 0.291 e. The Kier molecular flexibility index (Phi) is 6.75. The van der Waals surface area contributed by atoms with Gasteiger partial charge in [0.1, 0.15) is 11.4 Å². The summed E-state index contributed by atoms with van der Waals surface area (Å²) in [6.07, 6.45) is 1.50. The molecule has 0 spiro atoms. The normalized spacial score (nSPS) is 11.0. The number of phenolic OH excluding ortho intramolecular Hbond substituents is 1. The van der Waals surface area contributed by atoms with Crippen molar-refractivity contribution in [2.75, 3.05) is 0 Å². The van der Waals surface area contributed by atoms with E-state index in [4.69, 9.17) is 4.84 Å². The van der Waals surface area contributed by atoms with Gasteiger partial charge in [0.05, 0.1) is 6.61 Å². The lowest BCUT2D eigenvalue weighted by atomic mass is 10.1. The van der Waals surface area contributed by atoms with Crippen LogP contribution in [-0.4, -0.2) is 16.9 Å². The number of carbonyl (C=O) groups is 2. The highest BCUT2D eigenvalue weighted by molar-refractivity contribution is 6.04. The van der Waals surface area contributed by atoms with Crippen LogP contribution in [0, 0.1) is 0 Å². The average molecular weight is 388 g/mol. The Labute approximate surface area is 168 Å². The predicted molar refractivity (Wildman–Crippen MR) is 109 cm³/mol. The summed E-state index contributed by atoms with van der Waals surface area (Å²) in [5, 5.41) is 12.0. The van der Waals surface area contributed by atoms with Crippen LogP contribution < -0.4 is 10.8 Å². The zero-order valence-electron chi connectivity index (χ0n) is 15.5. The maximum absolute atomic E-state index is 12.6. The van der Waals surface area contributed by atoms with Gasteiger partial charge in [-0.1, -0.05) is 60.7 Å². The Morgan fingerprint density at radius 1 is 0.862 bits per heavy atom. The highest BCUT2D eigenvalue weighted by atomic mass is 16.6. The molecule has 6 nitrogen and oxygen atoms in total. The van der Waals surface area contributed by atoms with Crippen LogP contribution in [-0.2, 0) is 16.2 Å². The fraction of sp³-hybridized carbons (Fsp3) is 0.0435. The fourth-order valence-corrected chi connectivity index (χ4v) is 2.49. The first kappa shape index (κ1) is 19.9. The summed E-state index contributed by atoms with van der Waals surface area (Å²) in [7, 11) is 0. The van der Waals surface area contributed by atoms with E-state index in [1.54, 1.807) is 42.5 Å². The molecule has 0 aliphatic rings. The smallest absolute Gasteiger partial charge is 0.291 e. The van der Waals surface area contributed by atoms with Crippen LogP contribution in [0.3, 0.4) is 0 Å². The molecule has 0 bridgehead atoms. The van der Waals surface area contributed by atoms with Crippen molar-refractivity contribution in [3.05, 3.63) is 107 Å². The van der Waals surface area contributed by atoms with Crippen molar-refractivity contribution in [3.8, 4) is 5.75 Å². The first-order valence-corrected chi connectivity index (χ1v) is 8.95. The lowest BCUT2D eigenvalue weighted by Gasteiger charge is -2.11. The van der Waals surface area contributed by atoms with E-state index in [1.807, 2.05) is 30.3 Å². The van der Waals surface area contributed by atoms with Gasteiger partial charge in [0.2, 0.25) is 0 Å². The Morgan fingerprint density at radius 3 is 2.14 bits per heavy atom. The van der Waals surface area contributed by atoms with E-state index >= 15 is 0 Å². The van der Waals surface area contributed by atoms with Crippen LogP contribution in [0.4, 0.5) is 0 Å². The van der Waals surface area contributed by atoms with Gasteiger partial charge in [-0.05, 0) is 41.5 Å². The first-order chi connectivity index (χ1) is 14.1. The van der Waals surface area contributed by atoms with Gasteiger partial charge in [0.25, 0.3) is 11.8 Å². The molecular weight excluding hydrogens is 368 g/mol. The van der Waals surface area contributed by atoms with Gasteiger partial charge in [-0.2, -0.15) is 0 Å². The van der Waals surface area contributed by atoms with E-state index < -0.39 is 11.8 Å². The van der Waals surface area contributed by atoms with Crippen LogP contribution >= 0.6 is 0 Å². The second-order valence-corrected chi connectivity index (χ2v) is 6.18. The van der Waals surface area contributed by atoms with E-state index in [-0.39, 0.29) is 18.1 Å². The molecule has 0 saturated heterocycles. The number of amides is 2. The van der Waals surface area contributed by atoms with Gasteiger partial charge >= 0.3 is 0 Å². The molecule has 29 heavy (non-hydrogen) atoms. The van der Waals surface area contributed by atoms with Crippen molar-refractivity contribution in [3.63, 3.8) is 0 Å². The van der Waals surface area contributed by atoms with Crippen molar-refractivity contribution in [2.45, 2.75) is 6.61 Å². The number of rotatable bonds is 7. The van der Waals surface area contributed by atoms with Crippen molar-refractivity contribution >= 4 is 17.9 Å². The molecule has 6 heteroatoms. The van der Waals surface area contributed by atoms with Gasteiger partial charge < -0.3 is 10.4 Å². The summed E-state index contributed by atoms with van der Waals surface area (Å²) in [5.74, 6) is -0.917. The number of carbonyl (C=O) groups excluding carboxylic acids is 2. The van der Waals surface area contributed by atoms with Crippen LogP contribution in [0.5, 0.6) is 5.75 Å². The second-order valence-electron chi connectivity index (χ2n) is 6.18. The molecule has 0 atom stereocenters. The lowest BCUT2D eigenvalue weighted by Crippen LogP contribution is -2.34. The fourth-order valence-electron chi connectivity index (χ4n) is 2.49. The highest BCUT2D eigenvalue weighted by Crippen LogP contribution is 2.13. The largest absolute Gasteiger partial charge is 0.508 e. The molecule has 3 rings (SSSR count). The molecule has 146 valence electrons.